The van der Waals surface area contributed by atoms with E-state index in [-0.39, 0.29) is 11.5 Å². The van der Waals surface area contributed by atoms with Crippen LogP contribution in [0.4, 0.5) is 11.4 Å². The third kappa shape index (κ3) is 4.52. The summed E-state index contributed by atoms with van der Waals surface area (Å²) in [6.45, 7) is 1.99. The van der Waals surface area contributed by atoms with E-state index in [0.29, 0.717) is 16.8 Å². The second kappa shape index (κ2) is 8.28. The highest BCUT2D eigenvalue weighted by molar-refractivity contribution is 9.10. The topological polar surface area (TPSA) is 79.5 Å². The summed E-state index contributed by atoms with van der Waals surface area (Å²) >= 11 is 3.40. The minimum Gasteiger partial charge on any atom is -0.436 e. The van der Waals surface area contributed by atoms with Gasteiger partial charge < -0.3 is 9.73 Å². The number of anilines is 2. The summed E-state index contributed by atoms with van der Waals surface area (Å²) in [7, 11) is 0. The molecule has 2 aromatic carbocycles. The number of carbonyl (C=O) groups excluding carboxylic acids is 1. The van der Waals surface area contributed by atoms with Gasteiger partial charge in [0.05, 0.1) is 5.69 Å². The molecule has 0 atom stereocenters. The van der Waals surface area contributed by atoms with Gasteiger partial charge in [-0.3, -0.25) is 15.2 Å². The highest BCUT2D eigenvalue weighted by atomic mass is 79.9. The van der Waals surface area contributed by atoms with Crippen molar-refractivity contribution in [3.63, 3.8) is 0 Å². The van der Waals surface area contributed by atoms with Crippen LogP contribution in [0.2, 0.25) is 0 Å². The smallest absolute Gasteiger partial charge is 0.261 e. The Labute approximate surface area is 175 Å². The Morgan fingerprint density at radius 3 is 2.52 bits per heavy atom. The number of hydrogen-bond donors (Lipinski definition) is 2. The van der Waals surface area contributed by atoms with Crippen LogP contribution >= 0.6 is 15.9 Å². The molecule has 0 aliphatic heterocycles. The van der Waals surface area contributed by atoms with Crippen LogP contribution in [0.25, 0.3) is 11.0 Å². The lowest BCUT2D eigenvalue weighted by Gasteiger charge is -2.07. The number of hydrogen-bond acceptors (Lipinski definition) is 5. The molecule has 1 amide bonds. The first-order valence-corrected chi connectivity index (χ1v) is 9.69. The fourth-order valence-corrected chi connectivity index (χ4v) is 3.03. The molecule has 0 saturated carbocycles. The van der Waals surface area contributed by atoms with E-state index < -0.39 is 0 Å². The van der Waals surface area contributed by atoms with E-state index in [0.717, 1.165) is 21.1 Å². The number of aryl methyl sites for hydroxylation is 1. The molecule has 2 N–H and O–H groups in total. The Morgan fingerprint density at radius 1 is 1.00 bits per heavy atom. The third-order valence-electron chi connectivity index (χ3n) is 4.22. The Morgan fingerprint density at radius 2 is 1.76 bits per heavy atom. The Bertz CT molecular complexity index is 1240. The van der Waals surface area contributed by atoms with Gasteiger partial charge in [0.2, 0.25) is 5.55 Å². The van der Waals surface area contributed by atoms with E-state index in [9.17, 15) is 4.79 Å². The second-order valence-electron chi connectivity index (χ2n) is 6.43. The van der Waals surface area contributed by atoms with Gasteiger partial charge in [0.15, 0.2) is 0 Å². The molecule has 0 aliphatic rings. The molecule has 4 aromatic rings. The maximum atomic E-state index is 12.9. The number of aromatic nitrogens is 1. The van der Waals surface area contributed by atoms with Crippen LogP contribution < -0.4 is 16.3 Å². The van der Waals surface area contributed by atoms with Gasteiger partial charge in [-0.1, -0.05) is 27.6 Å². The SMILES string of the molecule is Cc1ccc2o/c(=N\Nc3ccc(Br)cc3)c(C(=O)Nc3ccncc3)cc2c1. The summed E-state index contributed by atoms with van der Waals surface area (Å²) in [5.74, 6) is -0.320. The molecule has 0 fully saturated rings. The van der Waals surface area contributed by atoms with Crippen molar-refractivity contribution >= 4 is 44.2 Å². The second-order valence-corrected chi connectivity index (χ2v) is 7.34. The molecule has 4 rings (SSSR count). The van der Waals surface area contributed by atoms with Crippen LogP contribution in [0.15, 0.2) is 87.0 Å². The Kier molecular flexibility index (Phi) is 5.39. The van der Waals surface area contributed by atoms with E-state index in [4.69, 9.17) is 4.42 Å². The van der Waals surface area contributed by atoms with E-state index in [1.165, 1.54) is 0 Å². The zero-order chi connectivity index (χ0) is 20.2. The Balaban J connectivity index is 1.76. The molecule has 0 spiro atoms. The number of nitrogens with one attached hydrogen (secondary N) is 2. The summed E-state index contributed by atoms with van der Waals surface area (Å²) in [4.78, 5) is 16.9. The molecule has 0 unspecified atom stereocenters. The number of amides is 1. The largest absolute Gasteiger partial charge is 0.436 e. The zero-order valence-electron chi connectivity index (χ0n) is 15.5. The lowest BCUT2D eigenvalue weighted by Crippen LogP contribution is -2.22. The Hall–Kier alpha value is -3.45. The fraction of sp³-hybridized carbons (Fsp3) is 0.0455. The monoisotopic (exact) mass is 448 g/mol. The standard InChI is InChI=1S/C22H17BrN4O2/c1-14-2-7-20-15(12-14)13-19(21(28)25-17-8-10-24-11-9-17)22(29-20)27-26-18-5-3-16(23)4-6-18/h2-13,26H,1H3,(H,24,25,28)/b27-22-. The highest BCUT2D eigenvalue weighted by Crippen LogP contribution is 2.17. The summed E-state index contributed by atoms with van der Waals surface area (Å²) in [6, 6.07) is 18.5. The van der Waals surface area contributed by atoms with Crippen LogP contribution in [0.5, 0.6) is 0 Å². The molecule has 2 aromatic heterocycles. The van der Waals surface area contributed by atoms with Crippen molar-refractivity contribution in [1.29, 1.82) is 0 Å². The van der Waals surface area contributed by atoms with Gasteiger partial charge in [0.1, 0.15) is 11.1 Å². The minimum absolute atomic E-state index is 0.191. The summed E-state index contributed by atoms with van der Waals surface area (Å²) < 4.78 is 6.90. The van der Waals surface area contributed by atoms with Crippen LogP contribution in [0.1, 0.15) is 15.9 Å². The van der Waals surface area contributed by atoms with Gasteiger partial charge in [0, 0.05) is 27.9 Å². The predicted molar refractivity (Wildman–Crippen MR) is 116 cm³/mol. The molecule has 2 heterocycles. The number of rotatable bonds is 4. The number of carbonyl (C=O) groups is 1. The average Bonchev–Trinajstić information content (AvgIpc) is 2.73. The first kappa shape index (κ1) is 18.9. The van der Waals surface area contributed by atoms with Crippen LogP contribution in [-0.4, -0.2) is 10.9 Å². The van der Waals surface area contributed by atoms with E-state index >= 15 is 0 Å². The maximum Gasteiger partial charge on any atom is 0.261 e. The summed E-state index contributed by atoms with van der Waals surface area (Å²) in [5.41, 5.74) is 6.59. The van der Waals surface area contributed by atoms with Gasteiger partial charge >= 0.3 is 0 Å². The van der Waals surface area contributed by atoms with Crippen LogP contribution in [0, 0.1) is 6.92 Å². The van der Waals surface area contributed by atoms with Gasteiger partial charge in [-0.25, -0.2) is 0 Å². The van der Waals surface area contributed by atoms with Crippen LogP contribution in [-0.2, 0) is 0 Å². The van der Waals surface area contributed by atoms with Gasteiger partial charge in [0.25, 0.3) is 5.91 Å². The van der Waals surface area contributed by atoms with Crippen molar-refractivity contribution in [2.24, 2.45) is 5.10 Å². The van der Waals surface area contributed by atoms with E-state index in [1.807, 2.05) is 49.4 Å². The third-order valence-corrected chi connectivity index (χ3v) is 4.74. The molecule has 144 valence electrons. The van der Waals surface area contributed by atoms with E-state index in [1.54, 1.807) is 30.6 Å². The first-order valence-electron chi connectivity index (χ1n) is 8.90. The summed E-state index contributed by atoms with van der Waals surface area (Å²) in [5, 5.41) is 8.01. The zero-order valence-corrected chi connectivity index (χ0v) is 17.1. The molecule has 29 heavy (non-hydrogen) atoms. The molecule has 6 nitrogen and oxygen atoms in total. The maximum absolute atomic E-state index is 12.9. The first-order chi connectivity index (χ1) is 14.1. The van der Waals surface area contributed by atoms with Crippen molar-refractivity contribution in [1.82, 2.24) is 4.98 Å². The molecular formula is C22H17BrN4O2. The van der Waals surface area contributed by atoms with Crippen molar-refractivity contribution in [3.8, 4) is 0 Å². The molecule has 0 aliphatic carbocycles. The summed E-state index contributed by atoms with van der Waals surface area (Å²) in [6.07, 6.45) is 3.23. The van der Waals surface area contributed by atoms with Crippen molar-refractivity contribution in [2.45, 2.75) is 6.92 Å². The molecular weight excluding hydrogens is 432 g/mol. The minimum atomic E-state index is -0.320. The average molecular weight is 449 g/mol. The molecule has 7 heteroatoms. The lowest BCUT2D eigenvalue weighted by atomic mass is 10.1. The fourth-order valence-electron chi connectivity index (χ4n) is 2.77. The van der Waals surface area contributed by atoms with E-state index in [2.05, 4.69) is 36.8 Å². The van der Waals surface area contributed by atoms with Gasteiger partial charge in [-0.15, -0.1) is 5.10 Å². The number of pyridine rings is 1. The lowest BCUT2D eigenvalue weighted by molar-refractivity contribution is 0.102. The normalized spacial score (nSPS) is 11.4. The number of halogens is 1. The highest BCUT2D eigenvalue weighted by Gasteiger charge is 2.13. The number of benzene rings is 2. The predicted octanol–water partition coefficient (Wildman–Crippen LogP) is 5.08. The molecule has 0 radical (unpaired) electrons. The van der Waals surface area contributed by atoms with Crippen molar-refractivity contribution in [2.75, 3.05) is 10.7 Å². The quantitative estimate of drug-likeness (QED) is 0.426. The van der Waals surface area contributed by atoms with Crippen LogP contribution in [0.3, 0.4) is 0 Å². The molecule has 0 bridgehead atoms. The number of fused-ring (bicyclic) bond motifs is 1. The van der Waals surface area contributed by atoms with Crippen molar-refractivity contribution < 1.29 is 9.21 Å². The van der Waals surface area contributed by atoms with Gasteiger partial charge in [-0.2, -0.15) is 0 Å². The van der Waals surface area contributed by atoms with Crippen molar-refractivity contribution in [3.05, 3.63) is 94.2 Å². The van der Waals surface area contributed by atoms with Gasteiger partial charge in [-0.05, 0) is 61.5 Å². The molecule has 0 saturated heterocycles. The number of nitrogens with zero attached hydrogens (tertiary/aromatic N) is 2.